The predicted molar refractivity (Wildman–Crippen MR) is 60.8 cm³/mol. The van der Waals surface area contributed by atoms with Gasteiger partial charge in [0.05, 0.1) is 0 Å². The molecule has 0 aliphatic carbocycles. The van der Waals surface area contributed by atoms with Crippen LogP contribution in [-0.2, 0) is 39.6 Å². The van der Waals surface area contributed by atoms with Crippen molar-refractivity contribution in [2.24, 2.45) is 0 Å². The van der Waals surface area contributed by atoms with Gasteiger partial charge < -0.3 is 9.47 Å². The fourth-order valence-electron chi connectivity index (χ4n) is 0.849. The molecule has 18 heavy (non-hydrogen) atoms. The number of ether oxygens (including phenoxy) is 2. The fourth-order valence-corrected chi connectivity index (χ4v) is 1.27. The summed E-state index contributed by atoms with van der Waals surface area (Å²) in [6.07, 6.45) is -0.767. The molecule has 0 spiro atoms. The second-order valence-corrected chi connectivity index (χ2v) is 4.36. The lowest BCUT2D eigenvalue weighted by atomic mass is 10.3. The Balaban J connectivity index is 4.67. The number of esters is 2. The quantitative estimate of drug-likeness (QED) is 0.332. The van der Waals surface area contributed by atoms with Crippen molar-refractivity contribution in [3.8, 4) is 0 Å². The summed E-state index contributed by atoms with van der Waals surface area (Å²) in [6, 6.07) is 0. The summed E-state index contributed by atoms with van der Waals surface area (Å²) in [5, 5.41) is 0.512. The van der Waals surface area contributed by atoms with Crippen LogP contribution in [-0.4, -0.2) is 45.8 Å². The number of hydrogen-bond acceptors (Lipinski definition) is 8. The molecule has 0 aromatic carbocycles. The van der Waals surface area contributed by atoms with Crippen molar-refractivity contribution >= 4 is 43.3 Å². The third kappa shape index (κ3) is 8.47. The van der Waals surface area contributed by atoms with Gasteiger partial charge in [-0.3, -0.25) is 0 Å². The summed E-state index contributed by atoms with van der Waals surface area (Å²) in [7, 11) is -5.47. The maximum Gasteiger partial charge on any atom is 0.349 e. The Labute approximate surface area is 106 Å². The highest BCUT2D eigenvalue weighted by molar-refractivity contribution is 7.73. The first kappa shape index (κ1) is 16.3. The predicted octanol–water partition coefficient (Wildman–Crippen LogP) is -1.44. The van der Waals surface area contributed by atoms with Gasteiger partial charge in [-0.05, 0) is 6.42 Å². The van der Waals surface area contributed by atoms with E-state index in [-0.39, 0.29) is 17.2 Å². The van der Waals surface area contributed by atoms with Crippen LogP contribution in [0.2, 0.25) is 0 Å². The van der Waals surface area contributed by atoms with E-state index in [1.54, 1.807) is 6.92 Å². The first-order valence-electron chi connectivity index (χ1n) is 4.62. The van der Waals surface area contributed by atoms with Crippen molar-refractivity contribution in [2.75, 3.05) is 0 Å². The molecule has 0 radical (unpaired) electrons. The second kappa shape index (κ2) is 8.42. The van der Waals surface area contributed by atoms with Crippen LogP contribution in [0, 0.1) is 0 Å². The normalized spacial score (nSPS) is 9.44. The third-order valence-electron chi connectivity index (χ3n) is 1.40. The number of rotatable bonds is 6. The summed E-state index contributed by atoms with van der Waals surface area (Å²) < 4.78 is 49.7. The van der Waals surface area contributed by atoms with E-state index in [0.29, 0.717) is 6.42 Å². The van der Waals surface area contributed by atoms with E-state index in [4.69, 9.17) is 0 Å². The fraction of sp³-hybridized carbons (Fsp3) is 0.500. The maximum absolute atomic E-state index is 10.9. The molecule has 0 atom stereocenters. The lowest BCUT2D eigenvalue weighted by Gasteiger charge is -2.14. The van der Waals surface area contributed by atoms with E-state index in [2.05, 4.69) is 9.47 Å². The molecular formula is C8H10O8S2. The van der Waals surface area contributed by atoms with Gasteiger partial charge in [-0.1, -0.05) is 6.92 Å². The highest BCUT2D eigenvalue weighted by atomic mass is 32.2. The van der Waals surface area contributed by atoms with Gasteiger partial charge in [0, 0.05) is 6.42 Å². The zero-order valence-electron chi connectivity index (χ0n) is 9.23. The standard InChI is InChI=1S/C8H10O8S2/c1-2-3-8(15-6(9)4-17(11)12)16-7(10)5-18(13)14/h4-5,8H,2-3H2,1H3. The van der Waals surface area contributed by atoms with Gasteiger partial charge in [-0.15, -0.1) is 0 Å². The Hall–Kier alpha value is -1.68. The molecule has 0 unspecified atom stereocenters. The molecular weight excluding hydrogens is 288 g/mol. The summed E-state index contributed by atoms with van der Waals surface area (Å²) in [4.78, 5) is 21.9. The minimum atomic E-state index is -2.73. The summed E-state index contributed by atoms with van der Waals surface area (Å²) in [5.41, 5.74) is 0. The lowest BCUT2D eigenvalue weighted by Crippen LogP contribution is -2.25. The lowest BCUT2D eigenvalue weighted by molar-refractivity contribution is -0.178. The Morgan fingerprint density at radius 2 is 1.39 bits per heavy atom. The Kier molecular flexibility index (Phi) is 7.63. The highest BCUT2D eigenvalue weighted by Crippen LogP contribution is 2.04. The van der Waals surface area contributed by atoms with E-state index in [1.807, 2.05) is 0 Å². The topological polar surface area (TPSA) is 121 Å². The zero-order chi connectivity index (χ0) is 14.1. The van der Waals surface area contributed by atoms with E-state index < -0.39 is 38.8 Å². The molecule has 0 aliphatic rings. The first-order valence-corrected chi connectivity index (χ1v) is 6.89. The van der Waals surface area contributed by atoms with E-state index in [9.17, 15) is 26.4 Å². The smallest absolute Gasteiger partial charge is 0.349 e. The molecule has 0 aliphatic heterocycles. The minimum Gasteiger partial charge on any atom is -0.421 e. The van der Waals surface area contributed by atoms with Crippen LogP contribution in [0.3, 0.4) is 0 Å². The van der Waals surface area contributed by atoms with Gasteiger partial charge in [0.2, 0.25) is 26.9 Å². The summed E-state index contributed by atoms with van der Waals surface area (Å²) in [6.45, 7) is 1.69. The molecule has 0 rings (SSSR count). The molecule has 0 amide bonds. The number of carbonyl (C=O) groups excluding carboxylic acids is 2. The van der Waals surface area contributed by atoms with Crippen LogP contribution in [0.25, 0.3) is 0 Å². The van der Waals surface area contributed by atoms with Crippen molar-refractivity contribution in [1.82, 2.24) is 0 Å². The van der Waals surface area contributed by atoms with Crippen LogP contribution in [0.4, 0.5) is 0 Å². The van der Waals surface area contributed by atoms with Gasteiger partial charge in [0.25, 0.3) is 0 Å². The van der Waals surface area contributed by atoms with Gasteiger partial charge in [-0.2, -0.15) is 16.8 Å². The SMILES string of the molecule is CCCC(OC(=O)C=S(=O)=O)OC(=O)C=S(=O)=O. The number of carbonyl (C=O) groups is 2. The molecule has 8 nitrogen and oxygen atoms in total. The molecule has 0 aromatic heterocycles. The van der Waals surface area contributed by atoms with Crippen molar-refractivity contribution in [3.05, 3.63) is 0 Å². The van der Waals surface area contributed by atoms with Crippen LogP contribution in [0.5, 0.6) is 0 Å². The van der Waals surface area contributed by atoms with Crippen molar-refractivity contribution in [3.63, 3.8) is 0 Å². The van der Waals surface area contributed by atoms with E-state index >= 15 is 0 Å². The summed E-state index contributed by atoms with van der Waals surface area (Å²) in [5.74, 6) is -2.42. The van der Waals surface area contributed by atoms with Gasteiger partial charge >= 0.3 is 11.9 Å². The first-order chi connectivity index (χ1) is 8.35. The largest absolute Gasteiger partial charge is 0.421 e. The number of hydrogen-bond donors (Lipinski definition) is 0. The Morgan fingerprint density at radius 1 is 1.00 bits per heavy atom. The molecule has 10 heteroatoms. The molecule has 0 aromatic rings. The van der Waals surface area contributed by atoms with Crippen LogP contribution in [0.1, 0.15) is 19.8 Å². The van der Waals surface area contributed by atoms with Crippen molar-refractivity contribution in [1.29, 1.82) is 0 Å². The van der Waals surface area contributed by atoms with E-state index in [0.717, 1.165) is 0 Å². The van der Waals surface area contributed by atoms with Crippen LogP contribution < -0.4 is 0 Å². The van der Waals surface area contributed by atoms with Crippen molar-refractivity contribution in [2.45, 2.75) is 26.1 Å². The molecule has 0 fully saturated rings. The van der Waals surface area contributed by atoms with E-state index in [1.165, 1.54) is 0 Å². The Morgan fingerprint density at radius 3 is 1.67 bits per heavy atom. The van der Waals surface area contributed by atoms with Gasteiger partial charge in [-0.25, -0.2) is 9.59 Å². The molecule has 0 saturated carbocycles. The van der Waals surface area contributed by atoms with Crippen LogP contribution in [0.15, 0.2) is 0 Å². The Bertz CT molecular complexity index is 502. The average Bonchev–Trinajstić information content (AvgIpc) is 2.14. The van der Waals surface area contributed by atoms with Gasteiger partial charge in [0.15, 0.2) is 0 Å². The van der Waals surface area contributed by atoms with Crippen molar-refractivity contribution < 1.29 is 35.9 Å². The van der Waals surface area contributed by atoms with Gasteiger partial charge in [0.1, 0.15) is 10.7 Å². The maximum atomic E-state index is 10.9. The summed E-state index contributed by atoms with van der Waals surface area (Å²) >= 11 is 0. The molecule has 0 heterocycles. The van der Waals surface area contributed by atoms with Crippen LogP contribution >= 0.6 is 0 Å². The zero-order valence-corrected chi connectivity index (χ0v) is 10.9. The second-order valence-electron chi connectivity index (χ2n) is 2.85. The minimum absolute atomic E-state index is 0.107. The monoisotopic (exact) mass is 298 g/mol. The molecule has 0 bridgehead atoms. The average molecular weight is 298 g/mol. The molecule has 0 saturated heterocycles. The molecule has 102 valence electrons. The third-order valence-corrected chi connectivity index (χ3v) is 2.17. The highest BCUT2D eigenvalue weighted by Gasteiger charge is 2.16. The molecule has 0 N–H and O–H groups in total.